The van der Waals surface area contributed by atoms with Crippen molar-refractivity contribution in [3.8, 4) is 0 Å². The maximum atomic E-state index is 12.6. The van der Waals surface area contributed by atoms with Gasteiger partial charge in [-0.15, -0.1) is 11.3 Å². The van der Waals surface area contributed by atoms with Gasteiger partial charge in [-0.05, 0) is 37.8 Å². The van der Waals surface area contributed by atoms with Crippen LogP contribution in [0, 0.1) is 6.92 Å². The molecule has 0 amide bonds. The van der Waals surface area contributed by atoms with Gasteiger partial charge in [0.15, 0.2) is 5.78 Å². The molecule has 0 atom stereocenters. The highest BCUT2D eigenvalue weighted by Crippen LogP contribution is 2.26. The van der Waals surface area contributed by atoms with Crippen molar-refractivity contribution in [3.05, 3.63) is 21.9 Å². The predicted octanol–water partition coefficient (Wildman–Crippen LogP) is 1.92. The van der Waals surface area contributed by atoms with Crippen LogP contribution in [0.2, 0.25) is 0 Å². The molecule has 0 radical (unpaired) electrons. The summed E-state index contributed by atoms with van der Waals surface area (Å²) < 4.78 is 0. The summed E-state index contributed by atoms with van der Waals surface area (Å²) in [7, 11) is 0. The monoisotopic (exact) mass is 252 g/mol. The van der Waals surface area contributed by atoms with E-state index in [9.17, 15) is 4.79 Å². The van der Waals surface area contributed by atoms with Crippen molar-refractivity contribution in [1.29, 1.82) is 0 Å². The standard InChI is InChI=1S/C13H20N2OS/c1-10-4-9-17-11(10)12(16)13(2,3)15-7-5-14-6-8-15/h4,9,14H,5-8H2,1-3H3. The van der Waals surface area contributed by atoms with Crippen LogP contribution in [0.4, 0.5) is 0 Å². The van der Waals surface area contributed by atoms with Gasteiger partial charge >= 0.3 is 0 Å². The van der Waals surface area contributed by atoms with Gasteiger partial charge in [0.25, 0.3) is 0 Å². The number of aryl methyl sites for hydroxylation is 1. The van der Waals surface area contributed by atoms with Crippen LogP contribution >= 0.6 is 11.3 Å². The van der Waals surface area contributed by atoms with Crippen molar-refractivity contribution in [2.45, 2.75) is 26.3 Å². The highest BCUT2D eigenvalue weighted by atomic mass is 32.1. The third-order valence-corrected chi connectivity index (χ3v) is 4.55. The average molecular weight is 252 g/mol. The van der Waals surface area contributed by atoms with E-state index in [-0.39, 0.29) is 5.78 Å². The summed E-state index contributed by atoms with van der Waals surface area (Å²) in [5.74, 6) is 0.256. The molecule has 1 aromatic heterocycles. The highest BCUT2D eigenvalue weighted by Gasteiger charge is 2.36. The molecule has 0 unspecified atom stereocenters. The maximum absolute atomic E-state index is 12.6. The summed E-state index contributed by atoms with van der Waals surface area (Å²) in [5.41, 5.74) is 0.709. The second-order valence-corrected chi connectivity index (χ2v) is 5.97. The Labute approximate surface area is 107 Å². The van der Waals surface area contributed by atoms with Crippen molar-refractivity contribution >= 4 is 17.1 Å². The molecular formula is C13H20N2OS. The van der Waals surface area contributed by atoms with E-state index >= 15 is 0 Å². The van der Waals surface area contributed by atoms with Gasteiger partial charge in [-0.25, -0.2) is 0 Å². The van der Waals surface area contributed by atoms with Crippen LogP contribution < -0.4 is 5.32 Å². The Morgan fingerprint density at radius 3 is 2.59 bits per heavy atom. The lowest BCUT2D eigenvalue weighted by atomic mass is 9.93. The van der Waals surface area contributed by atoms with Crippen LogP contribution in [0.5, 0.6) is 0 Å². The SMILES string of the molecule is Cc1ccsc1C(=O)C(C)(C)N1CCNCC1. The number of hydrogen-bond acceptors (Lipinski definition) is 4. The summed E-state index contributed by atoms with van der Waals surface area (Å²) in [4.78, 5) is 15.8. The van der Waals surface area contributed by atoms with Crippen LogP contribution in [-0.4, -0.2) is 42.4 Å². The molecule has 1 fully saturated rings. The number of nitrogens with zero attached hydrogens (tertiary/aromatic N) is 1. The molecule has 0 spiro atoms. The van der Waals surface area contributed by atoms with Gasteiger partial charge < -0.3 is 5.32 Å². The number of rotatable bonds is 3. The molecule has 1 aromatic rings. The summed E-state index contributed by atoms with van der Waals surface area (Å²) in [6, 6.07) is 2.02. The molecule has 0 aliphatic carbocycles. The molecule has 1 N–H and O–H groups in total. The Hall–Kier alpha value is -0.710. The summed E-state index contributed by atoms with van der Waals surface area (Å²) in [6.07, 6.45) is 0. The van der Waals surface area contributed by atoms with Crippen LogP contribution in [0.25, 0.3) is 0 Å². The van der Waals surface area contributed by atoms with E-state index in [1.165, 1.54) is 0 Å². The predicted molar refractivity (Wildman–Crippen MR) is 71.9 cm³/mol. The third-order valence-electron chi connectivity index (χ3n) is 3.53. The molecule has 4 heteroatoms. The minimum Gasteiger partial charge on any atom is -0.314 e. The van der Waals surface area contributed by atoms with E-state index in [1.54, 1.807) is 11.3 Å². The first-order valence-electron chi connectivity index (χ1n) is 6.08. The summed E-state index contributed by atoms with van der Waals surface area (Å²) in [5, 5.41) is 5.32. The highest BCUT2D eigenvalue weighted by molar-refractivity contribution is 7.12. The van der Waals surface area contributed by atoms with E-state index in [2.05, 4.69) is 10.2 Å². The molecule has 1 aliphatic rings. The summed E-state index contributed by atoms with van der Waals surface area (Å²) in [6.45, 7) is 9.93. The zero-order valence-electron chi connectivity index (χ0n) is 10.7. The number of Topliss-reactive ketones (excluding diaryl/α,β-unsaturated/α-hetero) is 1. The second kappa shape index (κ2) is 4.88. The van der Waals surface area contributed by atoms with Gasteiger partial charge in [-0.1, -0.05) is 0 Å². The van der Waals surface area contributed by atoms with E-state index < -0.39 is 5.54 Å². The zero-order valence-corrected chi connectivity index (χ0v) is 11.6. The molecule has 3 nitrogen and oxygen atoms in total. The van der Waals surface area contributed by atoms with Crippen molar-refractivity contribution in [3.63, 3.8) is 0 Å². The van der Waals surface area contributed by atoms with E-state index in [0.717, 1.165) is 36.6 Å². The quantitative estimate of drug-likeness (QED) is 0.834. The normalized spacial score (nSPS) is 18.3. The lowest BCUT2D eigenvalue weighted by Crippen LogP contribution is -2.57. The Morgan fingerprint density at radius 2 is 2.06 bits per heavy atom. The first-order chi connectivity index (χ1) is 8.03. The minimum atomic E-state index is -0.391. The van der Waals surface area contributed by atoms with Crippen LogP contribution in [0.3, 0.4) is 0 Å². The molecule has 2 heterocycles. The number of carbonyl (C=O) groups excluding carboxylic acids is 1. The van der Waals surface area contributed by atoms with Gasteiger partial charge in [-0.3, -0.25) is 9.69 Å². The first kappa shape index (κ1) is 12.7. The Balaban J connectivity index is 2.19. The molecule has 1 saturated heterocycles. The lowest BCUT2D eigenvalue weighted by molar-refractivity contribution is 0.0606. The van der Waals surface area contributed by atoms with Crippen molar-refractivity contribution < 1.29 is 4.79 Å². The molecule has 1 aliphatic heterocycles. The smallest absolute Gasteiger partial charge is 0.192 e. The van der Waals surface area contributed by atoms with Crippen molar-refractivity contribution in [2.75, 3.05) is 26.2 Å². The van der Waals surface area contributed by atoms with E-state index in [0.29, 0.717) is 0 Å². The molecular weight excluding hydrogens is 232 g/mol. The first-order valence-corrected chi connectivity index (χ1v) is 6.96. The summed E-state index contributed by atoms with van der Waals surface area (Å²) >= 11 is 1.56. The maximum Gasteiger partial charge on any atom is 0.192 e. The number of piperazine rings is 1. The van der Waals surface area contributed by atoms with Gasteiger partial charge in [0, 0.05) is 26.2 Å². The average Bonchev–Trinajstić information content (AvgIpc) is 2.75. The number of thiophene rings is 1. The molecule has 0 saturated carbocycles. The Kier molecular flexibility index (Phi) is 3.66. The van der Waals surface area contributed by atoms with Gasteiger partial charge in [0.2, 0.25) is 0 Å². The molecule has 2 rings (SSSR count). The van der Waals surface area contributed by atoms with Gasteiger partial charge in [0.1, 0.15) is 0 Å². The topological polar surface area (TPSA) is 32.3 Å². The largest absolute Gasteiger partial charge is 0.314 e. The second-order valence-electron chi connectivity index (χ2n) is 5.06. The number of ketones is 1. The molecule has 17 heavy (non-hydrogen) atoms. The number of hydrogen-bond donors (Lipinski definition) is 1. The van der Waals surface area contributed by atoms with Crippen LogP contribution in [0.15, 0.2) is 11.4 Å². The van der Waals surface area contributed by atoms with Gasteiger partial charge in [-0.2, -0.15) is 0 Å². The fourth-order valence-corrected chi connectivity index (χ4v) is 3.27. The van der Waals surface area contributed by atoms with E-state index in [4.69, 9.17) is 0 Å². The Bertz CT molecular complexity index is 405. The molecule has 0 aromatic carbocycles. The number of carbonyl (C=O) groups is 1. The van der Waals surface area contributed by atoms with Crippen molar-refractivity contribution in [2.24, 2.45) is 0 Å². The third kappa shape index (κ3) is 2.44. The lowest BCUT2D eigenvalue weighted by Gasteiger charge is -2.39. The van der Waals surface area contributed by atoms with Crippen molar-refractivity contribution in [1.82, 2.24) is 10.2 Å². The van der Waals surface area contributed by atoms with Crippen LogP contribution in [-0.2, 0) is 0 Å². The van der Waals surface area contributed by atoms with Crippen LogP contribution in [0.1, 0.15) is 29.1 Å². The molecule has 0 bridgehead atoms. The van der Waals surface area contributed by atoms with E-state index in [1.807, 2.05) is 32.2 Å². The minimum absolute atomic E-state index is 0.256. The van der Waals surface area contributed by atoms with Gasteiger partial charge in [0.05, 0.1) is 10.4 Å². The zero-order chi connectivity index (χ0) is 12.5. The fourth-order valence-electron chi connectivity index (χ4n) is 2.25. The Morgan fingerprint density at radius 1 is 1.41 bits per heavy atom. The number of nitrogens with one attached hydrogen (secondary N) is 1. The fraction of sp³-hybridized carbons (Fsp3) is 0.615. The molecule has 94 valence electrons.